The van der Waals surface area contributed by atoms with Crippen molar-refractivity contribution in [1.29, 1.82) is 0 Å². The van der Waals surface area contributed by atoms with E-state index in [-0.39, 0.29) is 25.5 Å². The molecule has 1 fully saturated rings. The number of rotatable bonds is 5. The van der Waals surface area contributed by atoms with Crippen molar-refractivity contribution < 1.29 is 23.5 Å². The van der Waals surface area contributed by atoms with E-state index in [4.69, 9.17) is 4.74 Å². The van der Waals surface area contributed by atoms with Crippen LogP contribution in [-0.2, 0) is 9.53 Å². The van der Waals surface area contributed by atoms with Crippen LogP contribution in [-0.4, -0.2) is 37.1 Å². The van der Waals surface area contributed by atoms with Gasteiger partial charge in [0, 0.05) is 24.3 Å². The van der Waals surface area contributed by atoms with E-state index >= 15 is 0 Å². The summed E-state index contributed by atoms with van der Waals surface area (Å²) < 4.78 is 18.3. The molecule has 0 unspecified atom stereocenters. The first kappa shape index (κ1) is 19.3. The fourth-order valence-corrected chi connectivity index (χ4v) is 2.95. The van der Waals surface area contributed by atoms with E-state index in [0.29, 0.717) is 16.9 Å². The Morgan fingerprint density at radius 3 is 2.64 bits per heavy atom. The quantitative estimate of drug-likeness (QED) is 0.775. The maximum absolute atomic E-state index is 13.4. The Hall–Kier alpha value is -3.42. The fourth-order valence-electron chi connectivity index (χ4n) is 2.95. The zero-order chi connectivity index (χ0) is 20.1. The zero-order valence-electron chi connectivity index (χ0n) is 15.3. The third-order valence-corrected chi connectivity index (χ3v) is 4.23. The molecule has 2 aromatic rings. The molecule has 1 aliphatic heterocycles. The Balaban J connectivity index is 1.55. The monoisotopic (exact) mass is 385 g/mol. The van der Waals surface area contributed by atoms with Gasteiger partial charge in [-0.1, -0.05) is 6.07 Å². The average Bonchev–Trinajstić information content (AvgIpc) is 3.02. The smallest absolute Gasteiger partial charge is 0.338 e. The maximum Gasteiger partial charge on any atom is 0.338 e. The Bertz CT molecular complexity index is 885. The Kier molecular flexibility index (Phi) is 5.88. The molecular formula is C20H20FN3O4. The standard InChI is InChI=1S/C20H20FN3O4/c1-2-28-19(26)13-6-8-15(9-7-13)22-20(27)23-16-11-18(25)24(12-16)17-5-3-4-14(21)10-17/h3-10,16H,2,11-12H2,1H3,(H2,22,23,27)/t16-/m0/s1. The first-order valence-electron chi connectivity index (χ1n) is 8.87. The summed E-state index contributed by atoms with van der Waals surface area (Å²) in [7, 11) is 0. The molecule has 0 aromatic heterocycles. The molecular weight excluding hydrogens is 365 g/mol. The van der Waals surface area contributed by atoms with Crippen LogP contribution in [0.4, 0.5) is 20.6 Å². The molecule has 0 aliphatic carbocycles. The van der Waals surface area contributed by atoms with Crippen LogP contribution in [0.15, 0.2) is 48.5 Å². The van der Waals surface area contributed by atoms with Gasteiger partial charge >= 0.3 is 12.0 Å². The number of carbonyl (C=O) groups is 3. The number of esters is 1. The number of ether oxygens (including phenoxy) is 1. The van der Waals surface area contributed by atoms with Crippen molar-refractivity contribution in [2.24, 2.45) is 0 Å². The first-order chi connectivity index (χ1) is 13.5. The van der Waals surface area contributed by atoms with Crippen LogP contribution < -0.4 is 15.5 Å². The van der Waals surface area contributed by atoms with Gasteiger partial charge in [-0.2, -0.15) is 0 Å². The van der Waals surface area contributed by atoms with E-state index in [2.05, 4.69) is 10.6 Å². The van der Waals surface area contributed by atoms with Crippen molar-refractivity contribution in [1.82, 2.24) is 5.32 Å². The molecule has 0 spiro atoms. The number of benzene rings is 2. The van der Waals surface area contributed by atoms with E-state index in [1.54, 1.807) is 37.3 Å². The van der Waals surface area contributed by atoms with Crippen molar-refractivity contribution in [3.63, 3.8) is 0 Å². The first-order valence-corrected chi connectivity index (χ1v) is 8.87. The lowest BCUT2D eigenvalue weighted by molar-refractivity contribution is -0.117. The van der Waals surface area contributed by atoms with Gasteiger partial charge in [0.05, 0.1) is 18.2 Å². The number of hydrogen-bond acceptors (Lipinski definition) is 4. The molecule has 1 heterocycles. The topological polar surface area (TPSA) is 87.7 Å². The molecule has 0 saturated carbocycles. The molecule has 146 valence electrons. The van der Waals surface area contributed by atoms with Gasteiger partial charge in [0.25, 0.3) is 0 Å². The van der Waals surface area contributed by atoms with Gasteiger partial charge in [-0.25, -0.2) is 14.0 Å². The second kappa shape index (κ2) is 8.51. The van der Waals surface area contributed by atoms with Crippen molar-refractivity contribution in [3.8, 4) is 0 Å². The number of nitrogens with one attached hydrogen (secondary N) is 2. The number of nitrogens with zero attached hydrogens (tertiary/aromatic N) is 1. The summed E-state index contributed by atoms with van der Waals surface area (Å²) in [5.74, 6) is -1.04. The molecule has 1 aliphatic rings. The number of hydrogen-bond donors (Lipinski definition) is 2. The summed E-state index contributed by atoms with van der Waals surface area (Å²) in [6, 6.07) is 11.2. The maximum atomic E-state index is 13.4. The molecule has 7 nitrogen and oxygen atoms in total. The van der Waals surface area contributed by atoms with Gasteiger partial charge in [-0.15, -0.1) is 0 Å². The van der Waals surface area contributed by atoms with Crippen LogP contribution in [0, 0.1) is 5.82 Å². The van der Waals surface area contributed by atoms with Gasteiger partial charge in [-0.05, 0) is 49.4 Å². The molecule has 0 bridgehead atoms. The Morgan fingerprint density at radius 1 is 1.21 bits per heavy atom. The molecule has 2 aromatic carbocycles. The number of urea groups is 1. The van der Waals surface area contributed by atoms with Crippen LogP contribution in [0.25, 0.3) is 0 Å². The highest BCUT2D eigenvalue weighted by Crippen LogP contribution is 2.22. The predicted molar refractivity (Wildman–Crippen MR) is 102 cm³/mol. The van der Waals surface area contributed by atoms with Crippen LogP contribution >= 0.6 is 0 Å². The molecule has 2 N–H and O–H groups in total. The SMILES string of the molecule is CCOC(=O)c1ccc(NC(=O)N[C@H]2CC(=O)N(c3cccc(F)c3)C2)cc1. The van der Waals surface area contributed by atoms with E-state index in [1.807, 2.05) is 0 Å². The van der Waals surface area contributed by atoms with Gasteiger partial charge in [0.2, 0.25) is 5.91 Å². The van der Waals surface area contributed by atoms with E-state index in [0.717, 1.165) is 0 Å². The summed E-state index contributed by atoms with van der Waals surface area (Å²) >= 11 is 0. The summed E-state index contributed by atoms with van der Waals surface area (Å²) in [5, 5.41) is 5.39. The summed E-state index contributed by atoms with van der Waals surface area (Å²) in [5.41, 5.74) is 1.35. The predicted octanol–water partition coefficient (Wildman–Crippen LogP) is 2.93. The van der Waals surface area contributed by atoms with E-state index in [1.165, 1.54) is 23.1 Å². The number of halogens is 1. The number of anilines is 2. The van der Waals surface area contributed by atoms with E-state index in [9.17, 15) is 18.8 Å². The Labute approximate surface area is 161 Å². The average molecular weight is 385 g/mol. The summed E-state index contributed by atoms with van der Waals surface area (Å²) in [6.45, 7) is 2.27. The Morgan fingerprint density at radius 2 is 1.96 bits per heavy atom. The normalized spacial score (nSPS) is 16.0. The van der Waals surface area contributed by atoms with Gasteiger partial charge in [-0.3, -0.25) is 4.79 Å². The van der Waals surface area contributed by atoms with Gasteiger partial charge < -0.3 is 20.3 Å². The minimum atomic E-state index is -0.470. The minimum absolute atomic E-state index is 0.131. The molecule has 0 radical (unpaired) electrons. The van der Waals surface area contributed by atoms with E-state index < -0.39 is 23.9 Å². The molecule has 3 amide bonds. The zero-order valence-corrected chi connectivity index (χ0v) is 15.3. The molecule has 28 heavy (non-hydrogen) atoms. The molecule has 3 rings (SSSR count). The van der Waals surface area contributed by atoms with Gasteiger partial charge in [0.15, 0.2) is 0 Å². The number of amides is 3. The largest absolute Gasteiger partial charge is 0.462 e. The lowest BCUT2D eigenvalue weighted by atomic mass is 10.2. The summed E-state index contributed by atoms with van der Waals surface area (Å²) in [6.07, 6.45) is 0.131. The molecule has 1 saturated heterocycles. The highest BCUT2D eigenvalue weighted by atomic mass is 19.1. The van der Waals surface area contributed by atoms with Crippen LogP contribution in [0.3, 0.4) is 0 Å². The van der Waals surface area contributed by atoms with Crippen LogP contribution in [0.2, 0.25) is 0 Å². The highest BCUT2D eigenvalue weighted by molar-refractivity contribution is 5.98. The van der Waals surface area contributed by atoms with Crippen molar-refractivity contribution in [2.45, 2.75) is 19.4 Å². The van der Waals surface area contributed by atoms with Crippen molar-refractivity contribution in [2.75, 3.05) is 23.4 Å². The third kappa shape index (κ3) is 4.64. The fraction of sp³-hybridized carbons (Fsp3) is 0.250. The van der Waals surface area contributed by atoms with Crippen molar-refractivity contribution >= 4 is 29.3 Å². The highest BCUT2D eigenvalue weighted by Gasteiger charge is 2.31. The lowest BCUT2D eigenvalue weighted by Crippen LogP contribution is -2.39. The van der Waals surface area contributed by atoms with Gasteiger partial charge in [0.1, 0.15) is 5.82 Å². The summed E-state index contributed by atoms with van der Waals surface area (Å²) in [4.78, 5) is 37.4. The van der Waals surface area contributed by atoms with Crippen LogP contribution in [0.1, 0.15) is 23.7 Å². The third-order valence-electron chi connectivity index (χ3n) is 4.23. The minimum Gasteiger partial charge on any atom is -0.462 e. The molecule has 1 atom stereocenters. The van der Waals surface area contributed by atoms with Crippen LogP contribution in [0.5, 0.6) is 0 Å². The second-order valence-corrected chi connectivity index (χ2v) is 6.28. The number of carbonyl (C=O) groups excluding carboxylic acids is 3. The second-order valence-electron chi connectivity index (χ2n) is 6.28. The van der Waals surface area contributed by atoms with Crippen molar-refractivity contribution in [3.05, 3.63) is 59.9 Å². The lowest BCUT2D eigenvalue weighted by Gasteiger charge is -2.17. The molecule has 8 heteroatoms.